The summed E-state index contributed by atoms with van der Waals surface area (Å²) in [4.78, 5) is 2.74. The Morgan fingerprint density at radius 2 is 1.76 bits per heavy atom. The molecule has 1 saturated carbocycles. The van der Waals surface area contributed by atoms with Gasteiger partial charge in [-0.25, -0.2) is 0 Å². The summed E-state index contributed by atoms with van der Waals surface area (Å²) in [7, 11) is 0. The van der Waals surface area contributed by atoms with Crippen LogP contribution in [0.1, 0.15) is 57.1 Å². The van der Waals surface area contributed by atoms with E-state index >= 15 is 0 Å². The van der Waals surface area contributed by atoms with E-state index < -0.39 is 0 Å². The highest BCUT2D eigenvalue weighted by molar-refractivity contribution is 9.10. The molecule has 3 rings (SSSR count). The molecule has 0 amide bonds. The second-order valence-corrected chi connectivity index (χ2v) is 7.76. The number of fused-ring (bicyclic) bond motifs is 1. The molecule has 1 aliphatic heterocycles. The second-order valence-electron chi connectivity index (χ2n) is 6.85. The molecule has 0 radical (unpaired) electrons. The van der Waals surface area contributed by atoms with Gasteiger partial charge in [-0.1, -0.05) is 40.9 Å². The number of halogens is 1. The van der Waals surface area contributed by atoms with Crippen LogP contribution in [0.3, 0.4) is 0 Å². The van der Waals surface area contributed by atoms with Gasteiger partial charge in [-0.3, -0.25) is 4.90 Å². The van der Waals surface area contributed by atoms with Gasteiger partial charge in [0.05, 0.1) is 0 Å². The summed E-state index contributed by atoms with van der Waals surface area (Å²) in [6.45, 7) is 3.38. The lowest BCUT2D eigenvalue weighted by atomic mass is 9.77. The van der Waals surface area contributed by atoms with Gasteiger partial charge in [0.2, 0.25) is 0 Å². The first-order chi connectivity index (χ1) is 10.2. The molecule has 3 heteroatoms. The highest BCUT2D eigenvalue weighted by Gasteiger charge is 2.38. The van der Waals surface area contributed by atoms with E-state index in [0.717, 1.165) is 16.4 Å². The fourth-order valence-corrected chi connectivity index (χ4v) is 4.73. The van der Waals surface area contributed by atoms with Crippen LogP contribution in [0.2, 0.25) is 0 Å². The molecule has 0 bridgehead atoms. The Morgan fingerprint density at radius 3 is 2.48 bits per heavy atom. The van der Waals surface area contributed by atoms with Crippen LogP contribution in [-0.2, 0) is 0 Å². The summed E-state index contributed by atoms with van der Waals surface area (Å²) >= 11 is 3.54. The van der Waals surface area contributed by atoms with E-state index in [-0.39, 0.29) is 6.04 Å². The Hall–Kier alpha value is -0.380. The standard InChI is InChI=1S/C18H27BrN2/c1-13(20)18(15-8-10-16(19)11-9-15)21-12-4-6-14-5-2-3-7-17(14)21/h8-11,13-14,17-18H,2-7,12,20H2,1H3/t13?,14-,17-,18?/m1/s1. The molecule has 1 aliphatic carbocycles. The predicted octanol–water partition coefficient (Wildman–Crippen LogP) is 4.49. The van der Waals surface area contributed by atoms with E-state index in [2.05, 4.69) is 52.0 Å². The van der Waals surface area contributed by atoms with E-state index in [1.54, 1.807) is 0 Å². The topological polar surface area (TPSA) is 29.3 Å². The summed E-state index contributed by atoms with van der Waals surface area (Å²) in [6, 6.07) is 10.1. The maximum Gasteiger partial charge on any atom is 0.0499 e. The first-order valence-corrected chi connectivity index (χ1v) is 9.23. The summed E-state index contributed by atoms with van der Waals surface area (Å²) in [6.07, 6.45) is 8.37. The lowest BCUT2D eigenvalue weighted by Gasteiger charge is -2.49. The minimum absolute atomic E-state index is 0.173. The van der Waals surface area contributed by atoms with Crippen molar-refractivity contribution >= 4 is 15.9 Å². The summed E-state index contributed by atoms with van der Waals surface area (Å²) in [5.41, 5.74) is 7.78. The van der Waals surface area contributed by atoms with Crippen molar-refractivity contribution in [3.8, 4) is 0 Å². The lowest BCUT2D eigenvalue weighted by Crippen LogP contribution is -2.52. The average Bonchev–Trinajstić information content (AvgIpc) is 2.49. The van der Waals surface area contributed by atoms with Gasteiger partial charge in [0.25, 0.3) is 0 Å². The fourth-order valence-electron chi connectivity index (χ4n) is 4.47. The molecule has 21 heavy (non-hydrogen) atoms. The smallest absolute Gasteiger partial charge is 0.0499 e. The van der Waals surface area contributed by atoms with Crippen molar-refractivity contribution in [2.24, 2.45) is 11.7 Å². The zero-order chi connectivity index (χ0) is 14.8. The quantitative estimate of drug-likeness (QED) is 0.869. The van der Waals surface area contributed by atoms with Gasteiger partial charge in [0.1, 0.15) is 0 Å². The zero-order valence-electron chi connectivity index (χ0n) is 13.0. The maximum atomic E-state index is 6.41. The molecule has 1 saturated heterocycles. The third-order valence-corrected chi connectivity index (χ3v) is 5.88. The number of nitrogens with two attached hydrogens (primary N) is 1. The predicted molar refractivity (Wildman–Crippen MR) is 92.2 cm³/mol. The van der Waals surface area contributed by atoms with Crippen molar-refractivity contribution in [1.29, 1.82) is 0 Å². The molecule has 4 atom stereocenters. The highest BCUT2D eigenvalue weighted by atomic mass is 79.9. The zero-order valence-corrected chi connectivity index (χ0v) is 14.6. The minimum atomic E-state index is 0.173. The van der Waals surface area contributed by atoms with Crippen molar-refractivity contribution in [2.75, 3.05) is 6.54 Å². The summed E-state index contributed by atoms with van der Waals surface area (Å²) < 4.78 is 1.14. The first-order valence-electron chi connectivity index (χ1n) is 8.43. The van der Waals surface area contributed by atoms with E-state index in [1.807, 2.05) is 0 Å². The van der Waals surface area contributed by atoms with E-state index in [0.29, 0.717) is 6.04 Å². The van der Waals surface area contributed by atoms with E-state index in [4.69, 9.17) is 5.73 Å². The highest BCUT2D eigenvalue weighted by Crippen LogP contribution is 2.40. The minimum Gasteiger partial charge on any atom is -0.326 e. The molecule has 116 valence electrons. The number of piperidine rings is 1. The van der Waals surface area contributed by atoms with Crippen molar-refractivity contribution in [3.05, 3.63) is 34.3 Å². The van der Waals surface area contributed by atoms with Crippen molar-refractivity contribution in [2.45, 2.75) is 63.6 Å². The second kappa shape index (κ2) is 6.80. The van der Waals surface area contributed by atoms with Crippen molar-refractivity contribution in [3.63, 3.8) is 0 Å². The van der Waals surface area contributed by atoms with Crippen LogP contribution in [0, 0.1) is 5.92 Å². The molecule has 2 fully saturated rings. The Bertz CT molecular complexity index is 455. The van der Waals surface area contributed by atoms with Gasteiger partial charge in [-0.15, -0.1) is 0 Å². The average molecular weight is 351 g/mol. The Balaban J connectivity index is 1.87. The number of nitrogens with zero attached hydrogens (tertiary/aromatic N) is 1. The molecule has 1 heterocycles. The molecular formula is C18H27BrN2. The Morgan fingerprint density at radius 1 is 1.10 bits per heavy atom. The Labute approximate surface area is 137 Å². The number of hydrogen-bond acceptors (Lipinski definition) is 2. The molecule has 2 unspecified atom stereocenters. The normalized spacial score (nSPS) is 29.7. The van der Waals surface area contributed by atoms with Gasteiger partial charge in [0.15, 0.2) is 0 Å². The van der Waals surface area contributed by atoms with Gasteiger partial charge in [-0.05, 0) is 62.8 Å². The van der Waals surface area contributed by atoms with Crippen molar-refractivity contribution < 1.29 is 0 Å². The fraction of sp³-hybridized carbons (Fsp3) is 0.667. The number of benzene rings is 1. The van der Waals surface area contributed by atoms with Gasteiger partial charge >= 0.3 is 0 Å². The largest absolute Gasteiger partial charge is 0.326 e. The third kappa shape index (κ3) is 3.35. The molecule has 0 spiro atoms. The Kier molecular flexibility index (Phi) is 5.03. The van der Waals surface area contributed by atoms with Crippen LogP contribution in [0.25, 0.3) is 0 Å². The molecular weight excluding hydrogens is 324 g/mol. The molecule has 1 aromatic carbocycles. The van der Waals surface area contributed by atoms with Gasteiger partial charge < -0.3 is 5.73 Å². The van der Waals surface area contributed by atoms with Crippen LogP contribution in [0.15, 0.2) is 28.7 Å². The monoisotopic (exact) mass is 350 g/mol. The van der Waals surface area contributed by atoms with Crippen LogP contribution < -0.4 is 5.73 Å². The first kappa shape index (κ1) is 15.5. The van der Waals surface area contributed by atoms with Gasteiger partial charge in [-0.2, -0.15) is 0 Å². The van der Waals surface area contributed by atoms with Crippen LogP contribution >= 0.6 is 15.9 Å². The van der Waals surface area contributed by atoms with E-state index in [1.165, 1.54) is 50.6 Å². The van der Waals surface area contributed by atoms with Crippen LogP contribution in [0.5, 0.6) is 0 Å². The number of rotatable bonds is 3. The van der Waals surface area contributed by atoms with Gasteiger partial charge in [0, 0.05) is 22.6 Å². The molecule has 2 N–H and O–H groups in total. The molecule has 1 aromatic rings. The van der Waals surface area contributed by atoms with Crippen molar-refractivity contribution in [1.82, 2.24) is 4.90 Å². The van der Waals surface area contributed by atoms with Crippen LogP contribution in [0.4, 0.5) is 0 Å². The summed E-state index contributed by atoms with van der Waals surface area (Å²) in [5.74, 6) is 0.907. The van der Waals surface area contributed by atoms with E-state index in [9.17, 15) is 0 Å². The molecule has 0 aromatic heterocycles. The SMILES string of the molecule is CC(N)C(c1ccc(Br)cc1)N1CCC[C@H]2CCCC[C@H]21. The number of hydrogen-bond donors (Lipinski definition) is 1. The maximum absolute atomic E-state index is 6.41. The molecule has 2 nitrogen and oxygen atoms in total. The summed E-state index contributed by atoms with van der Waals surface area (Å²) in [5, 5.41) is 0. The third-order valence-electron chi connectivity index (χ3n) is 5.35. The number of likely N-dealkylation sites (tertiary alicyclic amines) is 1. The van der Waals surface area contributed by atoms with Crippen LogP contribution in [-0.4, -0.2) is 23.5 Å². The lowest BCUT2D eigenvalue weighted by molar-refractivity contribution is 0.0178. The molecule has 2 aliphatic rings.